The van der Waals surface area contributed by atoms with E-state index in [0.29, 0.717) is 32.2 Å². The van der Waals surface area contributed by atoms with Gasteiger partial charge in [0, 0.05) is 6.42 Å². The number of piperidine rings is 1. The van der Waals surface area contributed by atoms with E-state index in [4.69, 9.17) is 0 Å². The molecule has 3 aliphatic heterocycles. The number of carbonyl (C=O) groups excluding carboxylic acids is 3. The summed E-state index contributed by atoms with van der Waals surface area (Å²) in [6.45, 7) is 2.08. The Morgan fingerprint density at radius 1 is 0.974 bits per heavy atom. The van der Waals surface area contributed by atoms with Gasteiger partial charge in [0.25, 0.3) is 0 Å². The van der Waals surface area contributed by atoms with Crippen molar-refractivity contribution in [1.29, 1.82) is 0 Å². The van der Waals surface area contributed by atoms with Crippen LogP contribution in [0.2, 0.25) is 0 Å². The second kappa shape index (κ2) is 12.3. The molecule has 2 amide bonds. The molecule has 4 atom stereocenters. The summed E-state index contributed by atoms with van der Waals surface area (Å²) < 4.78 is 0. The van der Waals surface area contributed by atoms with Crippen molar-refractivity contribution in [2.24, 2.45) is 0 Å². The maximum absolute atomic E-state index is 13.9. The molecule has 3 heterocycles. The summed E-state index contributed by atoms with van der Waals surface area (Å²) in [7, 11) is 0. The SMILES string of the molecule is O=C(CN1CCCC1)S[C@@H](Cc1ccccc1)C(=O)N[C@H]1Cc2ccccc2[C@H]2CCC[C@@H](C(=O)O)N2C1=O. The first-order valence-electron chi connectivity index (χ1n) is 13.8. The van der Waals surface area contributed by atoms with Crippen molar-refractivity contribution in [1.82, 2.24) is 15.1 Å². The van der Waals surface area contributed by atoms with E-state index in [1.807, 2.05) is 54.6 Å². The third-order valence-electron chi connectivity index (χ3n) is 8.00. The molecule has 0 radical (unpaired) electrons. The number of fused-ring (bicyclic) bond motifs is 3. The number of aliphatic carboxylic acids is 1. The topological polar surface area (TPSA) is 107 Å². The fourth-order valence-electron chi connectivity index (χ4n) is 6.10. The highest BCUT2D eigenvalue weighted by Gasteiger charge is 2.45. The zero-order valence-electron chi connectivity index (χ0n) is 22.0. The number of amides is 2. The lowest BCUT2D eigenvalue weighted by Gasteiger charge is -2.40. The van der Waals surface area contributed by atoms with Gasteiger partial charge in [0.2, 0.25) is 16.9 Å². The summed E-state index contributed by atoms with van der Waals surface area (Å²) >= 11 is 1.03. The molecule has 2 N–H and O–H groups in total. The normalized spacial score (nSPS) is 23.8. The molecule has 0 aliphatic carbocycles. The lowest BCUT2D eigenvalue weighted by Crippen LogP contribution is -2.56. The standard InChI is InChI=1S/C30H35N3O5S/c34-27(19-32-15-6-7-16-32)39-26(17-20-9-2-1-3-10-20)28(35)31-23-18-21-11-4-5-12-22(21)24-13-8-14-25(30(37)38)33(24)29(23)36/h1-5,9-12,23-26H,6-8,13-19H2,(H,31,35)(H,37,38)/t23-,24+,25-,26-/m0/s1. The molecule has 0 aromatic heterocycles. The van der Waals surface area contributed by atoms with E-state index in [2.05, 4.69) is 10.2 Å². The Hall–Kier alpha value is -3.17. The largest absolute Gasteiger partial charge is 0.480 e. The Balaban J connectivity index is 1.39. The van der Waals surface area contributed by atoms with Gasteiger partial charge in [0.05, 0.1) is 17.8 Å². The Morgan fingerprint density at radius 3 is 2.44 bits per heavy atom. The van der Waals surface area contributed by atoms with E-state index in [-0.39, 0.29) is 29.4 Å². The zero-order valence-corrected chi connectivity index (χ0v) is 22.8. The Labute approximate surface area is 233 Å². The van der Waals surface area contributed by atoms with Gasteiger partial charge in [-0.15, -0.1) is 0 Å². The summed E-state index contributed by atoms with van der Waals surface area (Å²) in [4.78, 5) is 56.4. The highest BCUT2D eigenvalue weighted by atomic mass is 32.2. The lowest BCUT2D eigenvalue weighted by molar-refractivity contribution is -0.156. The van der Waals surface area contributed by atoms with E-state index in [1.54, 1.807) is 0 Å². The summed E-state index contributed by atoms with van der Waals surface area (Å²) in [5.74, 6) is -1.78. The highest BCUT2D eigenvalue weighted by Crippen LogP contribution is 2.39. The first-order valence-corrected chi connectivity index (χ1v) is 14.7. The Bertz CT molecular complexity index is 1220. The van der Waals surface area contributed by atoms with Gasteiger partial charge < -0.3 is 15.3 Å². The number of likely N-dealkylation sites (tertiary alicyclic amines) is 1. The molecule has 0 unspecified atom stereocenters. The zero-order chi connectivity index (χ0) is 27.4. The van der Waals surface area contributed by atoms with Crippen LogP contribution in [-0.4, -0.2) is 74.8 Å². The van der Waals surface area contributed by atoms with Crippen LogP contribution in [0.3, 0.4) is 0 Å². The summed E-state index contributed by atoms with van der Waals surface area (Å²) in [6, 6.07) is 15.1. The minimum absolute atomic E-state index is 0.0624. The van der Waals surface area contributed by atoms with Gasteiger partial charge in [-0.2, -0.15) is 0 Å². The van der Waals surface area contributed by atoms with Gasteiger partial charge in [0.15, 0.2) is 0 Å². The minimum Gasteiger partial charge on any atom is -0.480 e. The van der Waals surface area contributed by atoms with Crippen LogP contribution >= 0.6 is 11.8 Å². The molecule has 0 spiro atoms. The maximum Gasteiger partial charge on any atom is 0.326 e. The minimum atomic E-state index is -1.03. The molecule has 0 saturated carbocycles. The molecule has 39 heavy (non-hydrogen) atoms. The van der Waals surface area contributed by atoms with Crippen molar-refractivity contribution < 1.29 is 24.3 Å². The fraction of sp³-hybridized carbons (Fsp3) is 0.467. The molecule has 206 valence electrons. The molecule has 0 bridgehead atoms. The quantitative estimate of drug-likeness (QED) is 0.521. The van der Waals surface area contributed by atoms with Crippen LogP contribution in [0.5, 0.6) is 0 Å². The molecule has 5 rings (SSSR count). The van der Waals surface area contributed by atoms with E-state index < -0.39 is 23.3 Å². The fourth-order valence-corrected chi connectivity index (χ4v) is 7.13. The first-order chi connectivity index (χ1) is 18.9. The number of rotatable bonds is 8. The maximum atomic E-state index is 13.9. The number of benzene rings is 2. The van der Waals surface area contributed by atoms with Crippen molar-refractivity contribution in [2.45, 2.75) is 68.3 Å². The molecule has 8 nitrogen and oxygen atoms in total. The summed E-state index contributed by atoms with van der Waals surface area (Å²) in [5.41, 5.74) is 2.82. The molecule has 2 saturated heterocycles. The van der Waals surface area contributed by atoms with Crippen molar-refractivity contribution in [3.05, 3.63) is 71.3 Å². The monoisotopic (exact) mass is 549 g/mol. The Morgan fingerprint density at radius 2 is 1.69 bits per heavy atom. The number of hydrogen-bond donors (Lipinski definition) is 2. The highest BCUT2D eigenvalue weighted by molar-refractivity contribution is 8.14. The van der Waals surface area contributed by atoms with Crippen molar-refractivity contribution in [3.8, 4) is 0 Å². The summed E-state index contributed by atoms with van der Waals surface area (Å²) in [5, 5.41) is 12.1. The number of nitrogens with one attached hydrogen (secondary N) is 1. The van der Waals surface area contributed by atoms with Crippen LogP contribution < -0.4 is 5.32 Å². The van der Waals surface area contributed by atoms with Crippen LogP contribution in [-0.2, 0) is 32.0 Å². The summed E-state index contributed by atoms with van der Waals surface area (Å²) in [6.07, 6.45) is 4.57. The average molecular weight is 550 g/mol. The van der Waals surface area contributed by atoms with Crippen LogP contribution in [0.15, 0.2) is 54.6 Å². The molecule has 9 heteroatoms. The van der Waals surface area contributed by atoms with Crippen molar-refractivity contribution in [3.63, 3.8) is 0 Å². The van der Waals surface area contributed by atoms with Crippen LogP contribution in [0.4, 0.5) is 0 Å². The molecule has 2 fully saturated rings. The number of thioether (sulfide) groups is 1. The smallest absolute Gasteiger partial charge is 0.326 e. The van der Waals surface area contributed by atoms with Gasteiger partial charge in [-0.25, -0.2) is 4.79 Å². The lowest BCUT2D eigenvalue weighted by atomic mass is 9.89. The number of carboxylic acid groups (broad SMARTS) is 1. The molecular formula is C30H35N3O5S. The van der Waals surface area contributed by atoms with Gasteiger partial charge in [-0.1, -0.05) is 66.4 Å². The van der Waals surface area contributed by atoms with Crippen LogP contribution in [0, 0.1) is 0 Å². The second-order valence-electron chi connectivity index (χ2n) is 10.7. The number of hydrogen-bond acceptors (Lipinski definition) is 6. The van der Waals surface area contributed by atoms with E-state index in [0.717, 1.165) is 54.4 Å². The third kappa shape index (κ3) is 6.36. The van der Waals surface area contributed by atoms with Gasteiger partial charge >= 0.3 is 5.97 Å². The average Bonchev–Trinajstić information content (AvgIpc) is 3.41. The van der Waals surface area contributed by atoms with Crippen molar-refractivity contribution >= 4 is 34.7 Å². The van der Waals surface area contributed by atoms with E-state index in [9.17, 15) is 24.3 Å². The van der Waals surface area contributed by atoms with Crippen LogP contribution in [0.1, 0.15) is 54.8 Å². The van der Waals surface area contributed by atoms with Gasteiger partial charge in [0.1, 0.15) is 12.1 Å². The third-order valence-corrected chi connectivity index (χ3v) is 9.06. The van der Waals surface area contributed by atoms with Crippen LogP contribution in [0.25, 0.3) is 0 Å². The van der Waals surface area contributed by atoms with E-state index in [1.165, 1.54) is 4.90 Å². The van der Waals surface area contributed by atoms with Gasteiger partial charge in [-0.3, -0.25) is 19.3 Å². The molecule has 3 aliphatic rings. The molecule has 2 aromatic carbocycles. The number of carbonyl (C=O) groups is 4. The van der Waals surface area contributed by atoms with E-state index >= 15 is 0 Å². The molecular weight excluding hydrogens is 514 g/mol. The number of carboxylic acids is 1. The second-order valence-corrected chi connectivity index (χ2v) is 11.9. The Kier molecular flexibility index (Phi) is 8.67. The predicted octanol–water partition coefficient (Wildman–Crippen LogP) is 3.20. The van der Waals surface area contributed by atoms with Gasteiger partial charge in [-0.05, 0) is 68.3 Å². The number of nitrogens with zero attached hydrogens (tertiary/aromatic N) is 2. The first kappa shape index (κ1) is 27.4. The van der Waals surface area contributed by atoms with Crippen molar-refractivity contribution in [2.75, 3.05) is 19.6 Å². The molecule has 2 aromatic rings. The predicted molar refractivity (Wildman–Crippen MR) is 149 cm³/mol.